The molecule has 0 atom stereocenters. The minimum absolute atomic E-state index is 0.912. The zero-order valence-electron chi connectivity index (χ0n) is 7.82. The summed E-state index contributed by atoms with van der Waals surface area (Å²) >= 11 is 9.54. The monoisotopic (exact) mass is 260 g/mol. The van der Waals surface area contributed by atoms with Crippen LogP contribution in [0.4, 0.5) is 0 Å². The molecule has 0 amide bonds. The van der Waals surface area contributed by atoms with Crippen LogP contribution in [-0.4, -0.2) is 5.33 Å². The van der Waals surface area contributed by atoms with E-state index >= 15 is 0 Å². The number of rotatable bonds is 4. The third-order valence-electron chi connectivity index (χ3n) is 2.15. The molecule has 0 radical (unpaired) electrons. The fourth-order valence-corrected chi connectivity index (χ4v) is 2.10. The SMILES string of the molecule is CCc1c(Cl)cccc1CCCBr. The Balaban J connectivity index is 2.85. The fraction of sp³-hybridized carbons (Fsp3) is 0.455. The number of aryl methyl sites for hydroxylation is 1. The molecule has 0 aliphatic carbocycles. The molecule has 72 valence electrons. The second-order valence-electron chi connectivity index (χ2n) is 3.02. The van der Waals surface area contributed by atoms with Crippen molar-refractivity contribution in [1.29, 1.82) is 0 Å². The third kappa shape index (κ3) is 2.99. The van der Waals surface area contributed by atoms with Crippen LogP contribution in [0.15, 0.2) is 18.2 Å². The molecule has 13 heavy (non-hydrogen) atoms. The van der Waals surface area contributed by atoms with Crippen molar-refractivity contribution in [3.05, 3.63) is 34.3 Å². The molecule has 0 spiro atoms. The van der Waals surface area contributed by atoms with Crippen molar-refractivity contribution in [3.8, 4) is 0 Å². The highest BCUT2D eigenvalue weighted by atomic mass is 79.9. The van der Waals surface area contributed by atoms with Crippen LogP contribution in [0, 0.1) is 0 Å². The predicted molar refractivity (Wildman–Crippen MR) is 62.9 cm³/mol. The van der Waals surface area contributed by atoms with Crippen molar-refractivity contribution >= 4 is 27.5 Å². The summed E-state index contributed by atoms with van der Waals surface area (Å²) < 4.78 is 0. The molecule has 0 aliphatic rings. The summed E-state index contributed by atoms with van der Waals surface area (Å²) in [6.45, 7) is 2.15. The Bertz CT molecular complexity index is 271. The van der Waals surface area contributed by atoms with E-state index in [2.05, 4.69) is 28.9 Å². The minimum Gasteiger partial charge on any atom is -0.0928 e. The van der Waals surface area contributed by atoms with Gasteiger partial charge >= 0.3 is 0 Å². The zero-order valence-corrected chi connectivity index (χ0v) is 10.2. The molecule has 1 aromatic rings. The number of hydrogen-bond acceptors (Lipinski definition) is 0. The van der Waals surface area contributed by atoms with Crippen LogP contribution in [0.3, 0.4) is 0 Å². The van der Waals surface area contributed by atoms with Gasteiger partial charge in [0.1, 0.15) is 0 Å². The standard InChI is InChI=1S/C11H14BrCl/c1-2-10-9(6-4-8-12)5-3-7-11(10)13/h3,5,7H,2,4,6,8H2,1H3. The van der Waals surface area contributed by atoms with E-state index in [4.69, 9.17) is 11.6 Å². The van der Waals surface area contributed by atoms with Gasteiger partial charge in [0.2, 0.25) is 0 Å². The average Bonchev–Trinajstić information content (AvgIpc) is 2.15. The Hall–Kier alpha value is -0.0100. The summed E-state index contributed by atoms with van der Waals surface area (Å²) in [4.78, 5) is 0. The molecule has 0 nitrogen and oxygen atoms in total. The molecule has 1 aromatic carbocycles. The van der Waals surface area contributed by atoms with Gasteiger partial charge in [0.15, 0.2) is 0 Å². The van der Waals surface area contributed by atoms with Gasteiger partial charge in [-0.05, 0) is 36.5 Å². The van der Waals surface area contributed by atoms with Crippen molar-refractivity contribution in [3.63, 3.8) is 0 Å². The van der Waals surface area contributed by atoms with E-state index in [1.54, 1.807) is 0 Å². The van der Waals surface area contributed by atoms with E-state index in [1.165, 1.54) is 17.5 Å². The van der Waals surface area contributed by atoms with Gasteiger partial charge in [-0.1, -0.05) is 46.6 Å². The van der Waals surface area contributed by atoms with Gasteiger partial charge in [-0.15, -0.1) is 0 Å². The largest absolute Gasteiger partial charge is 0.0928 e. The van der Waals surface area contributed by atoms with Crippen LogP contribution in [0.25, 0.3) is 0 Å². The Morgan fingerprint density at radius 1 is 1.38 bits per heavy atom. The molecule has 0 bridgehead atoms. The Morgan fingerprint density at radius 3 is 2.77 bits per heavy atom. The van der Waals surface area contributed by atoms with Crippen molar-refractivity contribution in [2.75, 3.05) is 5.33 Å². The highest BCUT2D eigenvalue weighted by Crippen LogP contribution is 2.21. The fourth-order valence-electron chi connectivity index (χ4n) is 1.49. The van der Waals surface area contributed by atoms with E-state index in [0.29, 0.717) is 0 Å². The number of benzene rings is 1. The van der Waals surface area contributed by atoms with Crippen LogP contribution in [-0.2, 0) is 12.8 Å². The lowest BCUT2D eigenvalue weighted by molar-refractivity contribution is 0.914. The first-order valence-corrected chi connectivity index (χ1v) is 6.11. The first-order chi connectivity index (χ1) is 6.29. The number of alkyl halides is 1. The van der Waals surface area contributed by atoms with Crippen molar-refractivity contribution in [2.24, 2.45) is 0 Å². The zero-order chi connectivity index (χ0) is 9.68. The van der Waals surface area contributed by atoms with E-state index in [-0.39, 0.29) is 0 Å². The van der Waals surface area contributed by atoms with Crippen molar-refractivity contribution < 1.29 is 0 Å². The van der Waals surface area contributed by atoms with Gasteiger partial charge in [-0.2, -0.15) is 0 Å². The van der Waals surface area contributed by atoms with Crippen LogP contribution in [0.1, 0.15) is 24.5 Å². The van der Waals surface area contributed by atoms with Gasteiger partial charge in [-0.25, -0.2) is 0 Å². The second kappa shape index (κ2) is 5.66. The maximum Gasteiger partial charge on any atom is 0.0440 e. The Morgan fingerprint density at radius 2 is 2.15 bits per heavy atom. The maximum absolute atomic E-state index is 6.10. The second-order valence-corrected chi connectivity index (χ2v) is 4.22. The van der Waals surface area contributed by atoms with Gasteiger partial charge in [-0.3, -0.25) is 0 Å². The third-order valence-corrected chi connectivity index (χ3v) is 3.06. The molecular formula is C11H14BrCl. The van der Waals surface area contributed by atoms with Crippen LogP contribution in [0.5, 0.6) is 0 Å². The van der Waals surface area contributed by atoms with Crippen LogP contribution in [0.2, 0.25) is 5.02 Å². The summed E-state index contributed by atoms with van der Waals surface area (Å²) in [5.41, 5.74) is 2.71. The molecule has 1 rings (SSSR count). The van der Waals surface area contributed by atoms with Gasteiger partial charge in [0.25, 0.3) is 0 Å². The molecule has 0 aromatic heterocycles. The predicted octanol–water partition coefficient (Wildman–Crippen LogP) is 4.23. The molecule has 0 heterocycles. The first kappa shape index (κ1) is 11.1. The van der Waals surface area contributed by atoms with Gasteiger partial charge < -0.3 is 0 Å². The summed E-state index contributed by atoms with van der Waals surface area (Å²) in [6, 6.07) is 6.18. The van der Waals surface area contributed by atoms with Crippen molar-refractivity contribution in [2.45, 2.75) is 26.2 Å². The summed E-state index contributed by atoms with van der Waals surface area (Å²) in [6.07, 6.45) is 3.32. The molecule has 0 saturated carbocycles. The highest BCUT2D eigenvalue weighted by molar-refractivity contribution is 9.09. The molecular weight excluding hydrogens is 247 g/mol. The number of halogens is 2. The van der Waals surface area contributed by atoms with Gasteiger partial charge in [0.05, 0.1) is 0 Å². The summed E-state index contributed by atoms with van der Waals surface area (Å²) in [5, 5.41) is 1.97. The quantitative estimate of drug-likeness (QED) is 0.712. The smallest absolute Gasteiger partial charge is 0.0440 e. The lowest BCUT2D eigenvalue weighted by atomic mass is 10.0. The van der Waals surface area contributed by atoms with Crippen LogP contribution < -0.4 is 0 Å². The Kier molecular flexibility index (Phi) is 4.82. The normalized spacial score (nSPS) is 10.4. The highest BCUT2D eigenvalue weighted by Gasteiger charge is 2.03. The molecule has 2 heteroatoms. The molecule has 0 saturated heterocycles. The average molecular weight is 262 g/mol. The van der Waals surface area contributed by atoms with E-state index in [9.17, 15) is 0 Å². The first-order valence-electron chi connectivity index (χ1n) is 4.61. The summed E-state index contributed by atoms with van der Waals surface area (Å²) in [7, 11) is 0. The maximum atomic E-state index is 6.10. The molecule has 0 fully saturated rings. The number of hydrogen-bond donors (Lipinski definition) is 0. The minimum atomic E-state index is 0.912. The summed E-state index contributed by atoms with van der Waals surface area (Å²) in [5.74, 6) is 0. The van der Waals surface area contributed by atoms with E-state index < -0.39 is 0 Å². The molecule has 0 N–H and O–H groups in total. The van der Waals surface area contributed by atoms with E-state index in [1.807, 2.05) is 12.1 Å². The van der Waals surface area contributed by atoms with Crippen LogP contribution >= 0.6 is 27.5 Å². The Labute approximate surface area is 93.4 Å². The van der Waals surface area contributed by atoms with Crippen molar-refractivity contribution in [1.82, 2.24) is 0 Å². The lowest BCUT2D eigenvalue weighted by Gasteiger charge is -2.08. The molecule has 0 unspecified atom stereocenters. The topological polar surface area (TPSA) is 0 Å². The molecule has 0 aliphatic heterocycles. The van der Waals surface area contributed by atoms with E-state index in [0.717, 1.165) is 23.2 Å². The lowest BCUT2D eigenvalue weighted by Crippen LogP contribution is -1.94. The van der Waals surface area contributed by atoms with Gasteiger partial charge in [0, 0.05) is 10.4 Å².